The minimum atomic E-state index is -4.42. The Hall–Kier alpha value is -2.84. The van der Waals surface area contributed by atoms with Crippen molar-refractivity contribution in [3.05, 3.63) is 36.9 Å². The molecule has 0 unspecified atom stereocenters. The van der Waals surface area contributed by atoms with Gasteiger partial charge in [-0.1, -0.05) is 12.8 Å². The number of fused-ring (bicyclic) bond motifs is 1. The third-order valence-corrected chi connectivity index (χ3v) is 5.34. The number of H-pyrrole nitrogens is 1. The normalized spacial score (nSPS) is 16.5. The number of hydrogen-bond acceptors (Lipinski definition) is 3. The molecule has 0 bridgehead atoms. The number of alkyl halides is 3. The molecule has 148 valence electrons. The Balaban J connectivity index is 1.58. The van der Waals surface area contributed by atoms with E-state index in [9.17, 15) is 18.0 Å². The highest BCUT2D eigenvalue weighted by molar-refractivity contribution is 5.93. The maximum absolute atomic E-state index is 12.4. The van der Waals surface area contributed by atoms with Crippen LogP contribution in [0, 0.1) is 0 Å². The number of amides is 1. The molecule has 4 rings (SSSR count). The zero-order valence-electron chi connectivity index (χ0n) is 15.1. The second-order valence-electron chi connectivity index (χ2n) is 7.28. The van der Waals surface area contributed by atoms with Crippen LogP contribution in [0.15, 0.2) is 36.9 Å². The number of nitrogens with one attached hydrogen (secondary N) is 2. The third kappa shape index (κ3) is 3.61. The minimum absolute atomic E-state index is 0.0142. The Morgan fingerprint density at radius 2 is 2.11 bits per heavy atom. The van der Waals surface area contributed by atoms with Crippen molar-refractivity contribution in [1.29, 1.82) is 0 Å². The van der Waals surface area contributed by atoms with Crippen LogP contribution in [0.5, 0.6) is 0 Å². The fourth-order valence-corrected chi connectivity index (χ4v) is 4.00. The molecular weight excluding hydrogens is 371 g/mol. The molecule has 28 heavy (non-hydrogen) atoms. The lowest BCUT2D eigenvalue weighted by molar-refractivity contribution is -0.139. The average molecular weight is 391 g/mol. The van der Waals surface area contributed by atoms with Crippen LogP contribution in [0.2, 0.25) is 0 Å². The van der Waals surface area contributed by atoms with Gasteiger partial charge in [-0.15, -0.1) is 0 Å². The van der Waals surface area contributed by atoms with Crippen molar-refractivity contribution in [3.8, 4) is 11.1 Å². The Labute approximate surface area is 159 Å². The van der Waals surface area contributed by atoms with Gasteiger partial charge in [-0.05, 0) is 25.0 Å². The summed E-state index contributed by atoms with van der Waals surface area (Å²) in [7, 11) is 0. The van der Waals surface area contributed by atoms with Gasteiger partial charge in [-0.2, -0.15) is 18.3 Å². The highest BCUT2D eigenvalue weighted by atomic mass is 19.4. The zero-order valence-corrected chi connectivity index (χ0v) is 15.1. The second-order valence-corrected chi connectivity index (χ2v) is 7.28. The molecule has 0 saturated heterocycles. The van der Waals surface area contributed by atoms with Crippen molar-refractivity contribution in [1.82, 2.24) is 25.1 Å². The number of halogens is 3. The number of carbonyl (C=O) groups excluding carboxylic acids is 1. The van der Waals surface area contributed by atoms with Gasteiger partial charge in [0, 0.05) is 35.1 Å². The van der Waals surface area contributed by atoms with Gasteiger partial charge in [0.05, 0.1) is 18.2 Å². The molecule has 0 spiro atoms. The van der Waals surface area contributed by atoms with Gasteiger partial charge in [-0.3, -0.25) is 9.48 Å². The molecule has 1 fully saturated rings. The lowest BCUT2D eigenvalue weighted by Gasteiger charge is -2.29. The highest BCUT2D eigenvalue weighted by Crippen LogP contribution is 2.40. The second kappa shape index (κ2) is 6.96. The predicted molar refractivity (Wildman–Crippen MR) is 97.4 cm³/mol. The van der Waals surface area contributed by atoms with Gasteiger partial charge in [0.1, 0.15) is 12.2 Å². The fourth-order valence-electron chi connectivity index (χ4n) is 4.00. The summed E-state index contributed by atoms with van der Waals surface area (Å²) in [4.78, 5) is 19.6. The number of pyridine rings is 1. The van der Waals surface area contributed by atoms with Gasteiger partial charge in [0.25, 0.3) is 0 Å². The summed E-state index contributed by atoms with van der Waals surface area (Å²) in [5.74, 6) is -0.604. The minimum Gasteiger partial charge on any atom is -0.347 e. The Bertz CT molecular complexity index is 985. The molecule has 0 aliphatic heterocycles. The van der Waals surface area contributed by atoms with Gasteiger partial charge >= 0.3 is 6.18 Å². The maximum Gasteiger partial charge on any atom is 0.405 e. The smallest absolute Gasteiger partial charge is 0.347 e. The summed E-state index contributed by atoms with van der Waals surface area (Å²) in [6, 6.07) is 3.81. The van der Waals surface area contributed by atoms with Crippen LogP contribution < -0.4 is 5.32 Å². The number of aromatic nitrogens is 4. The summed E-state index contributed by atoms with van der Waals surface area (Å²) in [5.41, 5.74) is 2.01. The first-order valence-corrected chi connectivity index (χ1v) is 9.17. The Morgan fingerprint density at radius 1 is 1.32 bits per heavy atom. The molecule has 1 aliphatic carbocycles. The van der Waals surface area contributed by atoms with Crippen molar-refractivity contribution in [3.63, 3.8) is 0 Å². The van der Waals surface area contributed by atoms with Crippen molar-refractivity contribution >= 4 is 16.9 Å². The standard InChI is InChI=1S/C19H20F3N5O/c20-19(21,22)12-25-16(28)8-18(5-1-2-6-18)27-11-13(9-26-27)15-10-24-17-14(15)4-3-7-23-17/h3-4,7,9-11H,1-2,5-6,8,12H2,(H,23,24)(H,25,28). The number of hydrogen-bond donors (Lipinski definition) is 2. The van der Waals surface area contributed by atoms with Crippen LogP contribution in [0.25, 0.3) is 22.2 Å². The lowest BCUT2D eigenvalue weighted by atomic mass is 9.93. The maximum atomic E-state index is 12.4. The number of nitrogens with zero attached hydrogens (tertiary/aromatic N) is 3. The molecule has 0 aromatic carbocycles. The monoisotopic (exact) mass is 391 g/mol. The molecule has 2 N–H and O–H groups in total. The molecule has 3 aromatic heterocycles. The van der Waals surface area contributed by atoms with E-state index in [0.29, 0.717) is 12.8 Å². The number of rotatable bonds is 5. The van der Waals surface area contributed by atoms with Crippen LogP contribution >= 0.6 is 0 Å². The third-order valence-electron chi connectivity index (χ3n) is 5.34. The van der Waals surface area contributed by atoms with Gasteiger partial charge in [0.2, 0.25) is 5.91 Å². The molecule has 1 amide bonds. The average Bonchev–Trinajstić information content (AvgIpc) is 3.38. The van der Waals surface area contributed by atoms with E-state index >= 15 is 0 Å². The Morgan fingerprint density at radius 3 is 2.86 bits per heavy atom. The van der Waals surface area contributed by atoms with Gasteiger partial charge in [0.15, 0.2) is 0 Å². The molecule has 9 heteroatoms. The quantitative estimate of drug-likeness (QED) is 0.695. The van der Waals surface area contributed by atoms with E-state index in [0.717, 1.165) is 35.0 Å². The van der Waals surface area contributed by atoms with Crippen LogP contribution in [0.4, 0.5) is 13.2 Å². The largest absolute Gasteiger partial charge is 0.405 e. The number of aromatic amines is 1. The Kier molecular flexibility index (Phi) is 4.60. The van der Waals surface area contributed by atoms with Crippen LogP contribution in [0.1, 0.15) is 32.1 Å². The van der Waals surface area contributed by atoms with E-state index in [1.54, 1.807) is 17.1 Å². The van der Waals surface area contributed by atoms with E-state index in [-0.39, 0.29) is 6.42 Å². The summed E-state index contributed by atoms with van der Waals surface area (Å²) < 4.78 is 38.9. The molecule has 0 atom stereocenters. The fraction of sp³-hybridized carbons (Fsp3) is 0.421. The van der Waals surface area contributed by atoms with E-state index in [1.165, 1.54) is 0 Å². The zero-order chi connectivity index (χ0) is 19.8. The predicted octanol–water partition coefficient (Wildman–Crippen LogP) is 3.76. The van der Waals surface area contributed by atoms with Gasteiger partial charge < -0.3 is 10.3 Å². The van der Waals surface area contributed by atoms with Crippen molar-refractivity contribution in [2.45, 2.75) is 43.8 Å². The van der Waals surface area contributed by atoms with Crippen LogP contribution in [-0.2, 0) is 10.3 Å². The first kappa shape index (κ1) is 18.5. The van der Waals surface area contributed by atoms with Crippen molar-refractivity contribution in [2.24, 2.45) is 0 Å². The molecule has 0 radical (unpaired) electrons. The van der Waals surface area contributed by atoms with E-state index < -0.39 is 24.2 Å². The first-order chi connectivity index (χ1) is 13.4. The summed E-state index contributed by atoms with van der Waals surface area (Å²) >= 11 is 0. The van der Waals surface area contributed by atoms with E-state index in [4.69, 9.17) is 0 Å². The van der Waals surface area contributed by atoms with Crippen LogP contribution in [0.3, 0.4) is 0 Å². The van der Waals surface area contributed by atoms with Gasteiger partial charge in [-0.25, -0.2) is 4.98 Å². The topological polar surface area (TPSA) is 75.6 Å². The number of carbonyl (C=O) groups is 1. The summed E-state index contributed by atoms with van der Waals surface area (Å²) in [6.45, 7) is -1.31. The highest BCUT2D eigenvalue weighted by Gasteiger charge is 2.39. The molecule has 1 saturated carbocycles. The SMILES string of the molecule is O=C(CC1(n2cc(-c3c[nH]c4ncccc34)cn2)CCCC1)NCC(F)(F)F. The lowest BCUT2D eigenvalue weighted by Crippen LogP contribution is -2.40. The summed E-state index contributed by atoms with van der Waals surface area (Å²) in [5, 5.41) is 7.42. The van der Waals surface area contributed by atoms with E-state index in [1.807, 2.05) is 29.8 Å². The molecular formula is C19H20F3N5O. The summed E-state index contributed by atoms with van der Waals surface area (Å²) in [6.07, 6.45) is 5.99. The molecule has 3 heterocycles. The molecule has 3 aromatic rings. The van der Waals surface area contributed by atoms with Crippen molar-refractivity contribution in [2.75, 3.05) is 6.54 Å². The molecule has 6 nitrogen and oxygen atoms in total. The van der Waals surface area contributed by atoms with Crippen molar-refractivity contribution < 1.29 is 18.0 Å². The van der Waals surface area contributed by atoms with E-state index in [2.05, 4.69) is 15.1 Å². The first-order valence-electron chi connectivity index (χ1n) is 9.17. The molecule has 1 aliphatic rings. The van der Waals surface area contributed by atoms with Crippen LogP contribution in [-0.4, -0.2) is 38.4 Å².